The molecule has 4 rings (SSSR count). The molecule has 1 aromatic carbocycles. The highest BCUT2D eigenvalue weighted by Gasteiger charge is 2.22. The number of carbonyl (C=O) groups is 1. The average molecular weight is 352 g/mol. The fourth-order valence-electron chi connectivity index (χ4n) is 2.97. The van der Waals surface area contributed by atoms with Crippen molar-refractivity contribution in [3.05, 3.63) is 48.2 Å². The Kier molecular flexibility index (Phi) is 4.53. The average Bonchev–Trinajstić information content (AvgIpc) is 3.04. The number of hydrogen-bond donors (Lipinski definition) is 1. The van der Waals surface area contributed by atoms with Crippen LogP contribution in [0.2, 0.25) is 0 Å². The summed E-state index contributed by atoms with van der Waals surface area (Å²) in [6.07, 6.45) is 3.17. The van der Waals surface area contributed by atoms with Gasteiger partial charge in [-0.05, 0) is 43.5 Å². The molecule has 26 heavy (non-hydrogen) atoms. The van der Waals surface area contributed by atoms with E-state index in [0.29, 0.717) is 30.6 Å². The number of hydrogen-bond acceptors (Lipinski definition) is 5. The number of carbonyl (C=O) groups excluding carboxylic acids is 1. The summed E-state index contributed by atoms with van der Waals surface area (Å²) in [5.41, 5.74) is 1.76. The minimum absolute atomic E-state index is 0.0204. The Morgan fingerprint density at radius 1 is 1.27 bits per heavy atom. The number of ether oxygens (including phenoxy) is 2. The van der Waals surface area contributed by atoms with Gasteiger partial charge in [-0.25, -0.2) is 9.50 Å². The van der Waals surface area contributed by atoms with Crippen LogP contribution in [0.1, 0.15) is 18.4 Å². The lowest BCUT2D eigenvalue weighted by Crippen LogP contribution is -2.28. The number of imidazole rings is 1. The van der Waals surface area contributed by atoms with Crippen LogP contribution in [0.4, 0.5) is 5.82 Å². The van der Waals surface area contributed by atoms with Crippen LogP contribution < -0.4 is 10.1 Å². The van der Waals surface area contributed by atoms with Crippen LogP contribution in [0, 0.1) is 12.8 Å². The van der Waals surface area contributed by atoms with E-state index in [0.717, 1.165) is 24.2 Å². The molecule has 0 radical (unpaired) electrons. The highest BCUT2D eigenvalue weighted by Crippen LogP contribution is 2.22. The maximum Gasteiger partial charge on any atom is 0.237 e. The number of aryl methyl sites for hydroxylation is 1. The molecule has 1 aliphatic rings. The summed E-state index contributed by atoms with van der Waals surface area (Å²) >= 11 is 0. The first-order valence-corrected chi connectivity index (χ1v) is 8.67. The predicted molar refractivity (Wildman–Crippen MR) is 96.4 cm³/mol. The standard InChI is InChI=1S/C19H20N4O3/c1-13-3-2-4-15(11-13)26-18-6-5-17-20-16(12-23(17)22-18)21-19(24)14-7-9-25-10-8-14/h2-6,11-12,14H,7-10H2,1H3,(H,21,24). The molecule has 0 atom stereocenters. The SMILES string of the molecule is Cc1cccc(Oc2ccc3nc(NC(=O)C4CCOCC4)cn3n2)c1. The second-order valence-electron chi connectivity index (χ2n) is 6.39. The van der Waals surface area contributed by atoms with Gasteiger partial charge in [0.05, 0.1) is 6.20 Å². The Bertz CT molecular complexity index is 931. The van der Waals surface area contributed by atoms with E-state index in [1.54, 1.807) is 16.8 Å². The Morgan fingerprint density at radius 2 is 2.12 bits per heavy atom. The molecule has 0 unspecified atom stereocenters. The fourth-order valence-corrected chi connectivity index (χ4v) is 2.97. The Morgan fingerprint density at radius 3 is 2.92 bits per heavy atom. The Balaban J connectivity index is 1.49. The number of aromatic nitrogens is 3. The van der Waals surface area contributed by atoms with Gasteiger partial charge in [-0.1, -0.05) is 12.1 Å². The van der Waals surface area contributed by atoms with E-state index in [9.17, 15) is 4.79 Å². The van der Waals surface area contributed by atoms with Gasteiger partial charge in [0.1, 0.15) is 5.75 Å². The summed E-state index contributed by atoms with van der Waals surface area (Å²) in [6, 6.07) is 11.3. The molecule has 0 bridgehead atoms. The maximum atomic E-state index is 12.3. The van der Waals surface area contributed by atoms with E-state index < -0.39 is 0 Å². The topological polar surface area (TPSA) is 77.8 Å². The van der Waals surface area contributed by atoms with Crippen LogP contribution in [-0.4, -0.2) is 33.7 Å². The van der Waals surface area contributed by atoms with Crippen molar-refractivity contribution in [2.24, 2.45) is 5.92 Å². The third-order valence-corrected chi connectivity index (χ3v) is 4.35. The molecule has 7 nitrogen and oxygen atoms in total. The molecule has 134 valence electrons. The molecule has 3 aromatic rings. The van der Waals surface area contributed by atoms with Gasteiger partial charge < -0.3 is 14.8 Å². The van der Waals surface area contributed by atoms with Gasteiger partial charge in [-0.15, -0.1) is 5.10 Å². The number of benzene rings is 1. The van der Waals surface area contributed by atoms with Crippen molar-refractivity contribution in [3.8, 4) is 11.6 Å². The highest BCUT2D eigenvalue weighted by atomic mass is 16.5. The van der Waals surface area contributed by atoms with E-state index in [2.05, 4.69) is 15.4 Å². The van der Waals surface area contributed by atoms with Crippen molar-refractivity contribution in [2.45, 2.75) is 19.8 Å². The molecular formula is C19H20N4O3. The van der Waals surface area contributed by atoms with Crippen molar-refractivity contribution >= 4 is 17.4 Å². The normalized spacial score (nSPS) is 15.1. The molecule has 2 aromatic heterocycles. The van der Waals surface area contributed by atoms with Gasteiger partial charge in [-0.3, -0.25) is 4.79 Å². The summed E-state index contributed by atoms with van der Waals surface area (Å²) in [7, 11) is 0. The lowest BCUT2D eigenvalue weighted by atomic mass is 10.00. The molecule has 0 spiro atoms. The molecule has 3 heterocycles. The van der Waals surface area contributed by atoms with Crippen molar-refractivity contribution in [3.63, 3.8) is 0 Å². The number of anilines is 1. The van der Waals surface area contributed by atoms with Crippen LogP contribution in [0.25, 0.3) is 5.65 Å². The van der Waals surface area contributed by atoms with Crippen LogP contribution in [0.3, 0.4) is 0 Å². The lowest BCUT2D eigenvalue weighted by Gasteiger charge is -2.20. The second-order valence-corrected chi connectivity index (χ2v) is 6.39. The molecule has 1 aliphatic heterocycles. The predicted octanol–water partition coefficient (Wildman–Crippen LogP) is 3.20. The number of rotatable bonds is 4. The molecule has 1 saturated heterocycles. The largest absolute Gasteiger partial charge is 0.438 e. The quantitative estimate of drug-likeness (QED) is 0.780. The van der Waals surface area contributed by atoms with E-state index in [1.165, 1.54) is 0 Å². The monoisotopic (exact) mass is 352 g/mol. The summed E-state index contributed by atoms with van der Waals surface area (Å²) in [5.74, 6) is 1.63. The molecule has 0 saturated carbocycles. The lowest BCUT2D eigenvalue weighted by molar-refractivity contribution is -0.122. The number of nitrogens with one attached hydrogen (secondary N) is 1. The van der Waals surface area contributed by atoms with Crippen LogP contribution in [-0.2, 0) is 9.53 Å². The van der Waals surface area contributed by atoms with Crippen molar-refractivity contribution in [1.82, 2.24) is 14.6 Å². The molecule has 1 fully saturated rings. The zero-order chi connectivity index (χ0) is 17.9. The number of nitrogens with zero attached hydrogens (tertiary/aromatic N) is 3. The number of amides is 1. The first-order valence-electron chi connectivity index (χ1n) is 8.67. The minimum atomic E-state index is -0.0262. The third kappa shape index (κ3) is 3.67. The van der Waals surface area contributed by atoms with E-state index in [4.69, 9.17) is 9.47 Å². The van der Waals surface area contributed by atoms with E-state index >= 15 is 0 Å². The van der Waals surface area contributed by atoms with E-state index in [-0.39, 0.29) is 11.8 Å². The van der Waals surface area contributed by atoms with Crippen molar-refractivity contribution in [1.29, 1.82) is 0 Å². The summed E-state index contributed by atoms with van der Waals surface area (Å²) in [6.45, 7) is 3.27. The summed E-state index contributed by atoms with van der Waals surface area (Å²) in [4.78, 5) is 16.7. The van der Waals surface area contributed by atoms with Crippen molar-refractivity contribution in [2.75, 3.05) is 18.5 Å². The highest BCUT2D eigenvalue weighted by molar-refractivity contribution is 5.91. The second kappa shape index (κ2) is 7.13. The third-order valence-electron chi connectivity index (χ3n) is 4.35. The van der Waals surface area contributed by atoms with Gasteiger partial charge >= 0.3 is 0 Å². The first kappa shape index (κ1) is 16.5. The van der Waals surface area contributed by atoms with Gasteiger partial charge in [0.2, 0.25) is 11.8 Å². The Labute approximate surface area is 151 Å². The molecular weight excluding hydrogens is 332 g/mol. The van der Waals surface area contributed by atoms with Gasteiger partial charge in [-0.2, -0.15) is 0 Å². The maximum absolute atomic E-state index is 12.3. The smallest absolute Gasteiger partial charge is 0.237 e. The molecule has 1 amide bonds. The molecule has 7 heteroatoms. The Hall–Kier alpha value is -2.93. The zero-order valence-electron chi connectivity index (χ0n) is 14.5. The van der Waals surface area contributed by atoms with Crippen LogP contribution >= 0.6 is 0 Å². The summed E-state index contributed by atoms with van der Waals surface area (Å²) in [5, 5.41) is 7.27. The van der Waals surface area contributed by atoms with Gasteiger partial charge in [0.15, 0.2) is 11.5 Å². The van der Waals surface area contributed by atoms with Crippen LogP contribution in [0.15, 0.2) is 42.6 Å². The molecule has 1 N–H and O–H groups in total. The minimum Gasteiger partial charge on any atom is -0.438 e. The zero-order valence-corrected chi connectivity index (χ0v) is 14.5. The first-order chi connectivity index (χ1) is 12.7. The van der Waals surface area contributed by atoms with Gasteiger partial charge in [0, 0.05) is 25.2 Å². The number of fused-ring (bicyclic) bond motifs is 1. The van der Waals surface area contributed by atoms with E-state index in [1.807, 2.05) is 37.3 Å². The van der Waals surface area contributed by atoms with Crippen LogP contribution in [0.5, 0.6) is 11.6 Å². The van der Waals surface area contributed by atoms with Gasteiger partial charge in [0.25, 0.3) is 0 Å². The summed E-state index contributed by atoms with van der Waals surface area (Å²) < 4.78 is 12.7. The molecule has 0 aliphatic carbocycles. The van der Waals surface area contributed by atoms with Crippen molar-refractivity contribution < 1.29 is 14.3 Å². The fraction of sp³-hybridized carbons (Fsp3) is 0.316.